The number of carbonyl (C=O) groups is 1. The molecule has 7 nitrogen and oxygen atoms in total. The molecule has 2 rings (SSSR count). The number of aliphatic imine (C=N–C) groups is 1. The summed E-state index contributed by atoms with van der Waals surface area (Å²) < 4.78 is 16.8. The number of benzene rings is 1. The van der Waals surface area contributed by atoms with Crippen LogP contribution in [0, 0.1) is 6.92 Å². The largest absolute Gasteiger partial charge is 0.488 e. The molecule has 1 saturated heterocycles. The number of rotatable bonds is 7. The number of guanidine groups is 1. The lowest BCUT2D eigenvalue weighted by atomic mass is 10.1. The fourth-order valence-electron chi connectivity index (χ4n) is 2.73. The van der Waals surface area contributed by atoms with E-state index in [2.05, 4.69) is 15.6 Å². The summed E-state index contributed by atoms with van der Waals surface area (Å²) in [6.45, 7) is 12.1. The number of hydrogen-bond donors (Lipinski definition) is 2. The van der Waals surface area contributed by atoms with Crippen LogP contribution in [0.3, 0.4) is 0 Å². The molecule has 29 heavy (non-hydrogen) atoms. The molecule has 0 bridgehead atoms. The van der Waals surface area contributed by atoms with Crippen molar-refractivity contribution in [2.45, 2.75) is 59.3 Å². The van der Waals surface area contributed by atoms with Crippen molar-refractivity contribution < 1.29 is 19.0 Å². The topological polar surface area (TPSA) is 81.2 Å². The van der Waals surface area contributed by atoms with E-state index in [1.54, 1.807) is 0 Å². The number of esters is 1. The highest BCUT2D eigenvalue weighted by atomic mass is 127. The van der Waals surface area contributed by atoms with Crippen molar-refractivity contribution >= 4 is 35.9 Å². The number of ether oxygens (including phenoxy) is 3. The van der Waals surface area contributed by atoms with Gasteiger partial charge in [-0.25, -0.2) is 4.99 Å². The smallest absolute Gasteiger partial charge is 0.325 e. The van der Waals surface area contributed by atoms with Gasteiger partial charge in [0.15, 0.2) is 5.96 Å². The van der Waals surface area contributed by atoms with Crippen molar-refractivity contribution in [2.75, 3.05) is 26.3 Å². The van der Waals surface area contributed by atoms with E-state index in [9.17, 15) is 4.79 Å². The third-order valence-corrected chi connectivity index (χ3v) is 3.98. The van der Waals surface area contributed by atoms with Crippen molar-refractivity contribution in [1.29, 1.82) is 0 Å². The second-order valence-corrected chi connectivity index (χ2v) is 7.85. The number of aryl methyl sites for hydroxylation is 1. The van der Waals surface area contributed by atoms with Crippen molar-refractivity contribution in [3.05, 3.63) is 29.3 Å². The van der Waals surface area contributed by atoms with Crippen LogP contribution in [0.1, 0.15) is 45.2 Å². The molecule has 0 radical (unpaired) electrons. The van der Waals surface area contributed by atoms with Gasteiger partial charge in [0, 0.05) is 18.5 Å². The Morgan fingerprint density at radius 2 is 2.07 bits per heavy atom. The maximum absolute atomic E-state index is 11.9. The van der Waals surface area contributed by atoms with Crippen molar-refractivity contribution in [3.8, 4) is 5.75 Å². The molecule has 1 unspecified atom stereocenters. The summed E-state index contributed by atoms with van der Waals surface area (Å²) in [4.78, 5) is 16.5. The highest BCUT2D eigenvalue weighted by molar-refractivity contribution is 14.0. The standard InChI is InChI=1S/C21H33N3O4.HI/c1-6-22-20(24-13-19(25)28-21(3,4)5)23-12-16-8-7-15(2)11-18(16)27-17-9-10-26-14-17;/h7-8,11,17H,6,9-10,12-14H2,1-5H3,(H2,22,23,24);1H. The number of halogens is 1. The Morgan fingerprint density at radius 3 is 2.69 bits per heavy atom. The molecule has 1 fully saturated rings. The SMILES string of the molecule is CCNC(=NCc1ccc(C)cc1OC1CCOC1)NCC(=O)OC(C)(C)C.I. The normalized spacial score (nSPS) is 16.7. The monoisotopic (exact) mass is 519 g/mol. The first-order valence-electron chi connectivity index (χ1n) is 9.85. The van der Waals surface area contributed by atoms with Crippen LogP contribution in [0.2, 0.25) is 0 Å². The second-order valence-electron chi connectivity index (χ2n) is 7.85. The highest BCUT2D eigenvalue weighted by Crippen LogP contribution is 2.24. The Bertz CT molecular complexity index is 683. The Morgan fingerprint density at radius 1 is 1.31 bits per heavy atom. The number of nitrogens with zero attached hydrogens (tertiary/aromatic N) is 1. The average Bonchev–Trinajstić information content (AvgIpc) is 3.10. The van der Waals surface area contributed by atoms with Gasteiger partial charge in [-0.05, 0) is 46.2 Å². The zero-order valence-electron chi connectivity index (χ0n) is 18.0. The van der Waals surface area contributed by atoms with E-state index in [1.165, 1.54) is 0 Å². The highest BCUT2D eigenvalue weighted by Gasteiger charge is 2.19. The van der Waals surface area contributed by atoms with Crippen LogP contribution in [-0.4, -0.2) is 49.9 Å². The molecule has 1 aliphatic rings. The van der Waals surface area contributed by atoms with Crippen LogP contribution >= 0.6 is 24.0 Å². The summed E-state index contributed by atoms with van der Waals surface area (Å²) in [5, 5.41) is 6.17. The molecule has 0 saturated carbocycles. The molecular formula is C21H34IN3O4. The first-order chi connectivity index (χ1) is 13.3. The number of carbonyl (C=O) groups excluding carboxylic acids is 1. The lowest BCUT2D eigenvalue weighted by Crippen LogP contribution is -2.41. The van der Waals surface area contributed by atoms with E-state index in [0.717, 1.165) is 29.9 Å². The first-order valence-corrected chi connectivity index (χ1v) is 9.85. The third-order valence-electron chi connectivity index (χ3n) is 3.98. The molecule has 1 aliphatic heterocycles. The molecule has 1 aromatic rings. The lowest BCUT2D eigenvalue weighted by molar-refractivity contribution is -0.153. The van der Waals surface area contributed by atoms with Gasteiger partial charge in [0.1, 0.15) is 24.0 Å². The average molecular weight is 519 g/mol. The van der Waals surface area contributed by atoms with E-state index in [0.29, 0.717) is 25.7 Å². The second kappa shape index (κ2) is 12.2. The van der Waals surface area contributed by atoms with Crippen LogP contribution in [0.4, 0.5) is 0 Å². The van der Waals surface area contributed by atoms with Crippen molar-refractivity contribution in [2.24, 2.45) is 4.99 Å². The van der Waals surface area contributed by atoms with Crippen LogP contribution in [0.5, 0.6) is 5.75 Å². The Balaban J connectivity index is 0.00000420. The Labute approximate surface area is 191 Å². The Hall–Kier alpha value is -1.55. The van der Waals surface area contributed by atoms with Gasteiger partial charge in [-0.3, -0.25) is 4.79 Å². The fourth-order valence-corrected chi connectivity index (χ4v) is 2.73. The molecule has 1 atom stereocenters. The quantitative estimate of drug-likeness (QED) is 0.249. The predicted molar refractivity (Wildman–Crippen MR) is 125 cm³/mol. The number of nitrogens with one attached hydrogen (secondary N) is 2. The van der Waals surface area contributed by atoms with Gasteiger partial charge in [-0.2, -0.15) is 0 Å². The minimum atomic E-state index is -0.508. The maximum atomic E-state index is 11.9. The van der Waals surface area contributed by atoms with Gasteiger partial charge >= 0.3 is 5.97 Å². The van der Waals surface area contributed by atoms with Crippen LogP contribution in [-0.2, 0) is 20.8 Å². The van der Waals surface area contributed by atoms with Gasteiger partial charge in [-0.15, -0.1) is 24.0 Å². The summed E-state index contributed by atoms with van der Waals surface area (Å²) in [6.07, 6.45) is 0.986. The van der Waals surface area contributed by atoms with Gasteiger partial charge in [0.05, 0.1) is 19.8 Å². The zero-order chi connectivity index (χ0) is 20.6. The summed E-state index contributed by atoms with van der Waals surface area (Å²) in [7, 11) is 0. The molecular weight excluding hydrogens is 485 g/mol. The lowest BCUT2D eigenvalue weighted by Gasteiger charge is -2.20. The van der Waals surface area contributed by atoms with E-state index in [4.69, 9.17) is 14.2 Å². The summed E-state index contributed by atoms with van der Waals surface area (Å²) in [5.74, 6) is 1.07. The molecule has 0 spiro atoms. The third kappa shape index (κ3) is 9.66. The van der Waals surface area contributed by atoms with Gasteiger partial charge in [0.2, 0.25) is 0 Å². The molecule has 2 N–H and O–H groups in total. The zero-order valence-corrected chi connectivity index (χ0v) is 20.4. The molecule has 8 heteroatoms. The Kier molecular flexibility index (Phi) is 10.7. The summed E-state index contributed by atoms with van der Waals surface area (Å²) in [6, 6.07) is 6.11. The molecule has 1 aromatic carbocycles. The van der Waals surface area contributed by atoms with Crippen molar-refractivity contribution in [3.63, 3.8) is 0 Å². The summed E-state index contributed by atoms with van der Waals surface area (Å²) >= 11 is 0. The van der Waals surface area contributed by atoms with E-state index in [-0.39, 0.29) is 42.6 Å². The minimum Gasteiger partial charge on any atom is -0.488 e. The number of hydrogen-bond acceptors (Lipinski definition) is 5. The molecule has 0 amide bonds. The van der Waals surface area contributed by atoms with Gasteiger partial charge in [-0.1, -0.05) is 12.1 Å². The molecule has 0 aromatic heterocycles. The maximum Gasteiger partial charge on any atom is 0.325 e. The van der Waals surface area contributed by atoms with E-state index < -0.39 is 5.60 Å². The van der Waals surface area contributed by atoms with Crippen molar-refractivity contribution in [1.82, 2.24) is 10.6 Å². The minimum absolute atomic E-state index is 0. The van der Waals surface area contributed by atoms with Gasteiger partial charge in [0.25, 0.3) is 0 Å². The van der Waals surface area contributed by atoms with Gasteiger partial charge < -0.3 is 24.8 Å². The first kappa shape index (κ1) is 25.5. The molecule has 164 valence electrons. The van der Waals surface area contributed by atoms with E-state index >= 15 is 0 Å². The van der Waals surface area contributed by atoms with Crippen LogP contribution in [0.15, 0.2) is 23.2 Å². The van der Waals surface area contributed by atoms with E-state index in [1.807, 2.05) is 52.8 Å². The predicted octanol–water partition coefficient (Wildman–Crippen LogP) is 3.18. The molecule has 0 aliphatic carbocycles. The fraction of sp³-hybridized carbons (Fsp3) is 0.619. The molecule has 1 heterocycles. The van der Waals surface area contributed by atoms with Crippen LogP contribution in [0.25, 0.3) is 0 Å². The summed E-state index contributed by atoms with van der Waals surface area (Å²) in [5.41, 5.74) is 1.62. The van der Waals surface area contributed by atoms with Crippen LogP contribution < -0.4 is 15.4 Å².